The Hall–Kier alpha value is -2.78. The van der Waals surface area contributed by atoms with Gasteiger partial charge in [-0.2, -0.15) is 4.31 Å². The van der Waals surface area contributed by atoms with Crippen LogP contribution >= 0.6 is 0 Å². The summed E-state index contributed by atoms with van der Waals surface area (Å²) in [7, 11) is -2.52. The number of methoxy groups -OCH3 is 1. The van der Waals surface area contributed by atoms with Crippen LogP contribution in [0, 0.1) is 5.82 Å². The maximum absolute atomic E-state index is 13.3. The van der Waals surface area contributed by atoms with Crippen molar-refractivity contribution in [3.05, 3.63) is 54.3 Å². The third kappa shape index (κ3) is 3.51. The lowest BCUT2D eigenvalue weighted by molar-refractivity contribution is -0.122. The van der Waals surface area contributed by atoms with Crippen LogP contribution in [0.3, 0.4) is 0 Å². The molecule has 9 heteroatoms. The van der Waals surface area contributed by atoms with Crippen LogP contribution in [-0.4, -0.2) is 43.7 Å². The van der Waals surface area contributed by atoms with Gasteiger partial charge in [-0.1, -0.05) is 0 Å². The summed E-state index contributed by atoms with van der Waals surface area (Å²) in [6, 6.07) is 9.41. The standard InChI is InChI=1S/C20H19FN2O5S/c1-28-16-8-10-17(11-9-16)29(26,27)23(15-6-7-15)18-12-19(24)22(20(18)25)14-4-2-13(21)3-5-14/h2-5,8-11,15,18H,6-7,12H2,1H3. The van der Waals surface area contributed by atoms with Gasteiger partial charge in [0.05, 0.1) is 24.1 Å². The molecule has 1 saturated carbocycles. The minimum atomic E-state index is -4.00. The molecule has 1 aliphatic heterocycles. The average Bonchev–Trinajstić information content (AvgIpc) is 3.49. The summed E-state index contributed by atoms with van der Waals surface area (Å²) in [5, 5.41) is 0. The molecule has 1 aliphatic carbocycles. The van der Waals surface area contributed by atoms with Gasteiger partial charge in [0, 0.05) is 6.04 Å². The first-order chi connectivity index (χ1) is 13.8. The molecule has 152 valence electrons. The molecule has 0 bridgehead atoms. The van der Waals surface area contributed by atoms with Crippen LogP contribution < -0.4 is 9.64 Å². The monoisotopic (exact) mass is 418 g/mol. The lowest BCUT2D eigenvalue weighted by atomic mass is 10.2. The zero-order valence-corrected chi connectivity index (χ0v) is 16.4. The highest BCUT2D eigenvalue weighted by molar-refractivity contribution is 7.89. The van der Waals surface area contributed by atoms with E-state index in [2.05, 4.69) is 0 Å². The van der Waals surface area contributed by atoms with Crippen LogP contribution in [-0.2, 0) is 19.6 Å². The lowest BCUT2D eigenvalue weighted by Gasteiger charge is -2.26. The second-order valence-electron chi connectivity index (χ2n) is 7.01. The minimum absolute atomic E-state index is 0.0330. The van der Waals surface area contributed by atoms with E-state index in [1.54, 1.807) is 0 Å². The molecule has 2 aromatic rings. The van der Waals surface area contributed by atoms with Gasteiger partial charge in [0.15, 0.2) is 0 Å². The van der Waals surface area contributed by atoms with Crippen LogP contribution in [0.4, 0.5) is 10.1 Å². The van der Waals surface area contributed by atoms with Crippen LogP contribution in [0.1, 0.15) is 19.3 Å². The number of benzene rings is 2. The molecule has 1 atom stereocenters. The summed E-state index contributed by atoms with van der Waals surface area (Å²) >= 11 is 0. The Morgan fingerprint density at radius 3 is 2.21 bits per heavy atom. The summed E-state index contributed by atoms with van der Waals surface area (Å²) < 4.78 is 46.0. The number of sulfonamides is 1. The third-order valence-electron chi connectivity index (χ3n) is 5.06. The van der Waals surface area contributed by atoms with Crippen molar-refractivity contribution in [3.63, 3.8) is 0 Å². The van der Waals surface area contributed by atoms with Crippen molar-refractivity contribution in [1.29, 1.82) is 0 Å². The van der Waals surface area contributed by atoms with E-state index < -0.39 is 33.7 Å². The van der Waals surface area contributed by atoms with E-state index in [1.807, 2.05) is 0 Å². The van der Waals surface area contributed by atoms with Crippen molar-refractivity contribution in [1.82, 2.24) is 4.31 Å². The Morgan fingerprint density at radius 1 is 1.03 bits per heavy atom. The van der Waals surface area contributed by atoms with E-state index in [4.69, 9.17) is 4.74 Å². The number of nitrogens with zero attached hydrogens (tertiary/aromatic N) is 2. The van der Waals surface area contributed by atoms with Gasteiger partial charge in [0.1, 0.15) is 17.6 Å². The van der Waals surface area contributed by atoms with Gasteiger partial charge in [0.25, 0.3) is 5.91 Å². The number of carbonyl (C=O) groups excluding carboxylic acids is 2. The van der Waals surface area contributed by atoms with E-state index in [-0.39, 0.29) is 23.0 Å². The molecule has 0 spiro atoms. The first kappa shape index (κ1) is 19.5. The number of imide groups is 1. The quantitative estimate of drug-likeness (QED) is 0.673. The largest absolute Gasteiger partial charge is 0.497 e. The molecule has 2 amide bonds. The van der Waals surface area contributed by atoms with Gasteiger partial charge in [-0.25, -0.2) is 17.7 Å². The number of hydrogen-bond acceptors (Lipinski definition) is 5. The van der Waals surface area contributed by atoms with Crippen molar-refractivity contribution in [2.24, 2.45) is 0 Å². The molecule has 4 rings (SSSR count). The van der Waals surface area contributed by atoms with Gasteiger partial charge in [0.2, 0.25) is 15.9 Å². The number of anilines is 1. The molecule has 0 radical (unpaired) electrons. The minimum Gasteiger partial charge on any atom is -0.497 e. The summed E-state index contributed by atoms with van der Waals surface area (Å²) in [6.45, 7) is 0. The highest BCUT2D eigenvalue weighted by atomic mass is 32.2. The fourth-order valence-corrected chi connectivity index (χ4v) is 5.32. The van der Waals surface area contributed by atoms with E-state index in [9.17, 15) is 22.4 Å². The molecule has 0 N–H and O–H groups in total. The van der Waals surface area contributed by atoms with Crippen LogP contribution in [0.5, 0.6) is 5.75 Å². The number of ether oxygens (including phenoxy) is 1. The van der Waals surface area contributed by atoms with Crippen molar-refractivity contribution < 1.29 is 27.1 Å². The summed E-state index contributed by atoms with van der Waals surface area (Å²) in [4.78, 5) is 26.6. The van der Waals surface area contributed by atoms with Gasteiger partial charge < -0.3 is 4.74 Å². The number of amides is 2. The third-order valence-corrected chi connectivity index (χ3v) is 7.03. The zero-order chi connectivity index (χ0) is 20.8. The molecular formula is C20H19FN2O5S. The lowest BCUT2D eigenvalue weighted by Crippen LogP contribution is -2.46. The van der Waals surface area contributed by atoms with Crippen LogP contribution in [0.15, 0.2) is 53.4 Å². The second-order valence-corrected chi connectivity index (χ2v) is 8.85. The fraction of sp³-hybridized carbons (Fsp3) is 0.300. The topological polar surface area (TPSA) is 84.0 Å². The highest BCUT2D eigenvalue weighted by Gasteiger charge is 2.51. The van der Waals surface area contributed by atoms with Crippen molar-refractivity contribution in [2.75, 3.05) is 12.0 Å². The molecule has 29 heavy (non-hydrogen) atoms. The van der Waals surface area contributed by atoms with Crippen LogP contribution in [0.25, 0.3) is 0 Å². The predicted octanol–water partition coefficient (Wildman–Crippen LogP) is 2.32. The Bertz CT molecular complexity index is 1050. The SMILES string of the molecule is COc1ccc(S(=O)(=O)N(C2CC2)C2CC(=O)N(c3ccc(F)cc3)C2=O)cc1. The number of hydrogen-bond donors (Lipinski definition) is 0. The first-order valence-corrected chi connectivity index (χ1v) is 10.6. The normalized spacial score (nSPS) is 19.8. The van der Waals surface area contributed by atoms with Crippen molar-refractivity contribution in [2.45, 2.75) is 36.2 Å². The number of carbonyl (C=O) groups is 2. The molecule has 1 unspecified atom stereocenters. The molecule has 2 aliphatic rings. The van der Waals surface area contributed by atoms with Gasteiger partial charge in [-0.3, -0.25) is 9.59 Å². The van der Waals surface area contributed by atoms with Gasteiger partial charge >= 0.3 is 0 Å². The Morgan fingerprint density at radius 2 is 1.66 bits per heavy atom. The van der Waals surface area contributed by atoms with Crippen molar-refractivity contribution >= 4 is 27.5 Å². The van der Waals surface area contributed by atoms with E-state index >= 15 is 0 Å². The summed E-state index contributed by atoms with van der Waals surface area (Å²) in [5.74, 6) is -1.12. The second kappa shape index (κ2) is 7.23. The first-order valence-electron chi connectivity index (χ1n) is 9.13. The summed E-state index contributed by atoms with van der Waals surface area (Å²) in [6.07, 6.45) is 1.01. The number of halogens is 1. The molecule has 7 nitrogen and oxygen atoms in total. The van der Waals surface area contributed by atoms with E-state index in [0.717, 1.165) is 17.0 Å². The Labute approximate surface area is 167 Å². The van der Waals surface area contributed by atoms with Gasteiger partial charge in [-0.15, -0.1) is 0 Å². The molecule has 1 heterocycles. The Balaban J connectivity index is 1.67. The molecule has 0 aromatic heterocycles. The molecule has 2 aromatic carbocycles. The zero-order valence-electron chi connectivity index (χ0n) is 15.6. The van der Waals surface area contributed by atoms with E-state index in [0.29, 0.717) is 18.6 Å². The maximum atomic E-state index is 13.3. The maximum Gasteiger partial charge on any atom is 0.252 e. The highest BCUT2D eigenvalue weighted by Crippen LogP contribution is 2.38. The molecular weight excluding hydrogens is 399 g/mol. The smallest absolute Gasteiger partial charge is 0.252 e. The van der Waals surface area contributed by atoms with E-state index in [1.165, 1.54) is 47.8 Å². The number of rotatable bonds is 6. The average molecular weight is 418 g/mol. The molecule has 1 saturated heterocycles. The van der Waals surface area contributed by atoms with Crippen LogP contribution in [0.2, 0.25) is 0 Å². The fourth-order valence-electron chi connectivity index (χ4n) is 3.49. The predicted molar refractivity (Wildman–Crippen MR) is 102 cm³/mol. The van der Waals surface area contributed by atoms with Gasteiger partial charge in [-0.05, 0) is 61.4 Å². The Kier molecular flexibility index (Phi) is 4.87. The van der Waals surface area contributed by atoms with Crippen molar-refractivity contribution in [3.8, 4) is 5.75 Å². The summed E-state index contributed by atoms with van der Waals surface area (Å²) in [5.41, 5.74) is 0.224. The molecule has 2 fully saturated rings.